The minimum atomic E-state index is -0.252. The largest absolute Gasteiger partial charge is 0.497 e. The molecule has 1 rings (SSSR count). The molecule has 0 spiro atoms. The molecule has 0 aliphatic heterocycles. The molecular formula is C15H22N2O4. The Labute approximate surface area is 125 Å². The topological polar surface area (TPSA) is 67.9 Å². The van der Waals surface area contributed by atoms with E-state index in [0.29, 0.717) is 24.6 Å². The van der Waals surface area contributed by atoms with Gasteiger partial charge in [0.15, 0.2) is 0 Å². The van der Waals surface area contributed by atoms with E-state index in [1.807, 2.05) is 0 Å². The van der Waals surface area contributed by atoms with Gasteiger partial charge in [0.1, 0.15) is 5.75 Å². The average Bonchev–Trinajstić information content (AvgIpc) is 2.45. The van der Waals surface area contributed by atoms with Crippen LogP contribution in [0.25, 0.3) is 0 Å². The zero-order valence-corrected chi connectivity index (χ0v) is 12.7. The fraction of sp³-hybridized carbons (Fsp3) is 0.467. The molecule has 116 valence electrons. The number of esters is 1. The highest BCUT2D eigenvalue weighted by atomic mass is 16.5. The maximum Gasteiger partial charge on any atom is 0.307 e. The third kappa shape index (κ3) is 6.76. The third-order valence-electron chi connectivity index (χ3n) is 2.77. The zero-order chi connectivity index (χ0) is 15.7. The first-order valence-corrected chi connectivity index (χ1v) is 6.83. The maximum atomic E-state index is 11.9. The molecule has 6 nitrogen and oxygen atoms in total. The summed E-state index contributed by atoms with van der Waals surface area (Å²) in [5, 5.41) is 2.78. The van der Waals surface area contributed by atoms with Crippen LogP contribution in [-0.2, 0) is 14.3 Å². The summed E-state index contributed by atoms with van der Waals surface area (Å²) < 4.78 is 9.93. The molecule has 0 unspecified atom stereocenters. The van der Waals surface area contributed by atoms with E-state index in [4.69, 9.17) is 9.47 Å². The van der Waals surface area contributed by atoms with Gasteiger partial charge in [0, 0.05) is 18.3 Å². The van der Waals surface area contributed by atoms with Crippen molar-refractivity contribution < 1.29 is 19.1 Å². The lowest BCUT2D eigenvalue weighted by Gasteiger charge is -2.15. The predicted octanol–water partition coefficient (Wildman–Crippen LogP) is 1.52. The Balaban J connectivity index is 2.37. The van der Waals surface area contributed by atoms with Crippen molar-refractivity contribution in [3.05, 3.63) is 24.3 Å². The summed E-state index contributed by atoms with van der Waals surface area (Å²) in [5.41, 5.74) is 0.679. The molecule has 0 bridgehead atoms. The van der Waals surface area contributed by atoms with Gasteiger partial charge >= 0.3 is 5.97 Å². The molecule has 1 aromatic carbocycles. The van der Waals surface area contributed by atoms with Gasteiger partial charge in [0.25, 0.3) is 0 Å². The van der Waals surface area contributed by atoms with Gasteiger partial charge in [-0.25, -0.2) is 0 Å². The number of nitrogens with zero attached hydrogens (tertiary/aromatic N) is 1. The van der Waals surface area contributed by atoms with Crippen LogP contribution in [0.2, 0.25) is 0 Å². The van der Waals surface area contributed by atoms with E-state index >= 15 is 0 Å². The fourth-order valence-electron chi connectivity index (χ4n) is 1.74. The monoisotopic (exact) mass is 294 g/mol. The van der Waals surface area contributed by atoms with Crippen LogP contribution in [0.3, 0.4) is 0 Å². The lowest BCUT2D eigenvalue weighted by molar-refractivity contribution is -0.143. The minimum absolute atomic E-state index is 0.144. The van der Waals surface area contributed by atoms with Crippen LogP contribution in [0.4, 0.5) is 5.69 Å². The normalized spacial score (nSPS) is 10.3. The smallest absolute Gasteiger partial charge is 0.307 e. The van der Waals surface area contributed by atoms with Crippen molar-refractivity contribution in [3.63, 3.8) is 0 Å². The molecule has 6 heteroatoms. The lowest BCUT2D eigenvalue weighted by atomic mass is 10.3. The molecular weight excluding hydrogens is 272 g/mol. The number of methoxy groups -OCH3 is 1. The number of anilines is 1. The van der Waals surface area contributed by atoms with Crippen LogP contribution in [-0.4, -0.2) is 50.6 Å². The molecule has 0 atom stereocenters. The van der Waals surface area contributed by atoms with Gasteiger partial charge in [-0.3, -0.25) is 14.5 Å². The molecule has 1 amide bonds. The Bertz CT molecular complexity index is 476. The van der Waals surface area contributed by atoms with Crippen LogP contribution >= 0.6 is 0 Å². The standard InChI is InChI=1S/C15H22N2O4/c1-4-21-15(19)8-9-17(2)11-14(18)16-12-6-5-7-13(10-12)20-3/h5-7,10H,4,8-9,11H2,1-3H3,(H,16,18). The van der Waals surface area contributed by atoms with Gasteiger partial charge in [0.05, 0.1) is 26.7 Å². The van der Waals surface area contributed by atoms with Crippen LogP contribution in [0.5, 0.6) is 5.75 Å². The molecule has 0 aliphatic rings. The van der Waals surface area contributed by atoms with Crippen molar-refractivity contribution in [2.45, 2.75) is 13.3 Å². The first-order valence-electron chi connectivity index (χ1n) is 6.83. The first kappa shape index (κ1) is 17.0. The Kier molecular flexibility index (Phi) is 7.25. The highest BCUT2D eigenvalue weighted by molar-refractivity contribution is 5.92. The van der Waals surface area contributed by atoms with E-state index in [0.717, 1.165) is 0 Å². The van der Waals surface area contributed by atoms with Crippen molar-refractivity contribution in [2.24, 2.45) is 0 Å². The molecule has 0 heterocycles. The van der Waals surface area contributed by atoms with E-state index in [9.17, 15) is 9.59 Å². The molecule has 0 saturated heterocycles. The van der Waals surface area contributed by atoms with Gasteiger partial charge in [-0.15, -0.1) is 0 Å². The van der Waals surface area contributed by atoms with Crippen molar-refractivity contribution >= 4 is 17.6 Å². The number of amides is 1. The van der Waals surface area contributed by atoms with Gasteiger partial charge in [-0.2, -0.15) is 0 Å². The number of carbonyl (C=O) groups is 2. The average molecular weight is 294 g/mol. The second-order valence-corrected chi connectivity index (χ2v) is 4.57. The van der Waals surface area contributed by atoms with E-state index in [1.54, 1.807) is 50.2 Å². The lowest BCUT2D eigenvalue weighted by Crippen LogP contribution is -2.32. The second-order valence-electron chi connectivity index (χ2n) is 4.57. The molecule has 0 fully saturated rings. The quantitative estimate of drug-likeness (QED) is 0.736. The summed E-state index contributed by atoms with van der Waals surface area (Å²) in [7, 11) is 3.36. The van der Waals surface area contributed by atoms with Gasteiger partial charge < -0.3 is 14.8 Å². The third-order valence-corrected chi connectivity index (χ3v) is 2.77. The van der Waals surface area contributed by atoms with Gasteiger partial charge in [-0.1, -0.05) is 6.07 Å². The molecule has 21 heavy (non-hydrogen) atoms. The van der Waals surface area contributed by atoms with Crippen LogP contribution in [0, 0.1) is 0 Å². The SMILES string of the molecule is CCOC(=O)CCN(C)CC(=O)Nc1cccc(OC)c1. The summed E-state index contributed by atoms with van der Waals surface area (Å²) in [4.78, 5) is 24.9. The number of rotatable bonds is 8. The minimum Gasteiger partial charge on any atom is -0.497 e. The highest BCUT2D eigenvalue weighted by Crippen LogP contribution is 2.16. The van der Waals surface area contributed by atoms with Crippen LogP contribution in [0.15, 0.2) is 24.3 Å². The van der Waals surface area contributed by atoms with E-state index in [1.165, 1.54) is 0 Å². The number of carbonyl (C=O) groups excluding carboxylic acids is 2. The number of benzene rings is 1. The molecule has 0 saturated carbocycles. The van der Waals surface area contributed by atoms with Crippen molar-refractivity contribution in [3.8, 4) is 5.75 Å². The second kappa shape index (κ2) is 8.97. The first-order chi connectivity index (χ1) is 10.0. The van der Waals surface area contributed by atoms with Crippen molar-refractivity contribution in [1.82, 2.24) is 4.90 Å². The van der Waals surface area contributed by atoms with Crippen molar-refractivity contribution in [2.75, 3.05) is 39.2 Å². The van der Waals surface area contributed by atoms with Gasteiger partial charge in [0.2, 0.25) is 5.91 Å². The Morgan fingerprint density at radius 3 is 2.76 bits per heavy atom. The van der Waals surface area contributed by atoms with E-state index in [-0.39, 0.29) is 24.8 Å². The van der Waals surface area contributed by atoms with Gasteiger partial charge in [-0.05, 0) is 26.1 Å². The Morgan fingerprint density at radius 2 is 2.10 bits per heavy atom. The Morgan fingerprint density at radius 1 is 1.33 bits per heavy atom. The summed E-state index contributed by atoms with van der Waals surface area (Å²) in [6.45, 7) is 2.82. The maximum absolute atomic E-state index is 11.9. The van der Waals surface area contributed by atoms with E-state index < -0.39 is 0 Å². The summed E-state index contributed by atoms with van der Waals surface area (Å²) in [6, 6.07) is 7.15. The molecule has 1 aromatic rings. The zero-order valence-electron chi connectivity index (χ0n) is 12.7. The van der Waals surface area contributed by atoms with Crippen LogP contribution < -0.4 is 10.1 Å². The number of ether oxygens (including phenoxy) is 2. The Hall–Kier alpha value is -2.08. The number of likely N-dealkylation sites (N-methyl/N-ethyl adjacent to an activating group) is 1. The van der Waals surface area contributed by atoms with Crippen LogP contribution in [0.1, 0.15) is 13.3 Å². The summed E-state index contributed by atoms with van der Waals surface area (Å²) >= 11 is 0. The van der Waals surface area contributed by atoms with E-state index in [2.05, 4.69) is 5.32 Å². The summed E-state index contributed by atoms with van der Waals surface area (Å²) in [5.74, 6) is 0.288. The molecule has 1 N–H and O–H groups in total. The number of hydrogen-bond donors (Lipinski definition) is 1. The molecule has 0 aliphatic carbocycles. The summed E-state index contributed by atoms with van der Waals surface area (Å²) in [6.07, 6.45) is 0.275. The molecule has 0 aromatic heterocycles. The van der Waals surface area contributed by atoms with Crippen molar-refractivity contribution in [1.29, 1.82) is 0 Å². The molecule has 0 radical (unpaired) electrons. The number of hydrogen-bond acceptors (Lipinski definition) is 5. The fourth-order valence-corrected chi connectivity index (χ4v) is 1.74. The predicted molar refractivity (Wildman–Crippen MR) is 80.4 cm³/mol. The number of nitrogens with one attached hydrogen (secondary N) is 1. The highest BCUT2D eigenvalue weighted by Gasteiger charge is 2.09.